The van der Waals surface area contributed by atoms with Crippen molar-refractivity contribution in [2.24, 2.45) is 0 Å². The zero-order valence-corrected chi connectivity index (χ0v) is 8.10. The fourth-order valence-corrected chi connectivity index (χ4v) is 0.494. The number of hydrogen-bond acceptors (Lipinski definition) is 4. The van der Waals surface area contributed by atoms with E-state index < -0.39 is 16.1 Å². The van der Waals surface area contributed by atoms with E-state index >= 15 is 0 Å². The van der Waals surface area contributed by atoms with Gasteiger partial charge in [-0.15, -0.1) is 0 Å². The van der Waals surface area contributed by atoms with E-state index in [2.05, 4.69) is 4.98 Å². The van der Waals surface area contributed by atoms with E-state index in [0.29, 0.717) is 6.26 Å². The Morgan fingerprint density at radius 2 is 1.71 bits per heavy atom. The van der Waals surface area contributed by atoms with Crippen LogP contribution in [-0.4, -0.2) is 35.3 Å². The van der Waals surface area contributed by atoms with Crippen LogP contribution in [0, 0.1) is 0 Å². The van der Waals surface area contributed by atoms with Crippen LogP contribution < -0.4 is 0 Å². The van der Waals surface area contributed by atoms with E-state index in [4.69, 9.17) is 9.66 Å². The average Bonchev–Trinajstić information content (AvgIpc) is 2.03. The number of rotatable bonds is 1. The number of carbonyl (C=O) groups is 1. The van der Waals surface area contributed by atoms with Crippen molar-refractivity contribution in [3.05, 3.63) is 30.1 Å². The van der Waals surface area contributed by atoms with Gasteiger partial charge < -0.3 is 5.11 Å². The van der Waals surface area contributed by atoms with E-state index in [9.17, 15) is 13.2 Å². The molecule has 6 nitrogen and oxygen atoms in total. The van der Waals surface area contributed by atoms with Crippen molar-refractivity contribution in [1.82, 2.24) is 4.98 Å². The predicted molar refractivity (Wildman–Crippen MR) is 48.7 cm³/mol. The van der Waals surface area contributed by atoms with Gasteiger partial charge in [0.15, 0.2) is 0 Å². The summed E-state index contributed by atoms with van der Waals surface area (Å²) < 4.78 is 25.9. The molecule has 14 heavy (non-hydrogen) atoms. The molecule has 0 unspecified atom stereocenters. The van der Waals surface area contributed by atoms with E-state index in [-0.39, 0.29) is 5.56 Å². The van der Waals surface area contributed by atoms with Gasteiger partial charge in [0.2, 0.25) is 0 Å². The molecule has 0 bridgehead atoms. The van der Waals surface area contributed by atoms with Gasteiger partial charge in [-0.1, -0.05) is 0 Å². The van der Waals surface area contributed by atoms with Gasteiger partial charge in [0.05, 0.1) is 11.8 Å². The molecule has 1 aromatic rings. The average molecular weight is 219 g/mol. The van der Waals surface area contributed by atoms with Crippen LogP contribution in [0.15, 0.2) is 24.5 Å². The van der Waals surface area contributed by atoms with Crippen molar-refractivity contribution < 1.29 is 22.9 Å². The minimum absolute atomic E-state index is 0.269. The monoisotopic (exact) mass is 219 g/mol. The second-order valence-corrected chi connectivity index (χ2v) is 3.74. The number of hydrogen-bond donors (Lipinski definition) is 2. The highest BCUT2D eigenvalue weighted by atomic mass is 32.2. The second kappa shape index (κ2) is 5.30. The maximum Gasteiger partial charge on any atom is 0.335 e. The molecular formula is C7H9NO5S. The first-order chi connectivity index (χ1) is 6.30. The lowest BCUT2D eigenvalue weighted by atomic mass is 10.3. The summed E-state index contributed by atoms with van der Waals surface area (Å²) in [6.07, 6.45) is 3.61. The normalized spacial score (nSPS) is 9.86. The molecule has 1 rings (SSSR count). The van der Waals surface area contributed by atoms with Gasteiger partial charge in [-0.3, -0.25) is 9.54 Å². The molecule has 0 atom stereocenters. The highest BCUT2D eigenvalue weighted by molar-refractivity contribution is 7.85. The fraction of sp³-hybridized carbons (Fsp3) is 0.143. The summed E-state index contributed by atoms with van der Waals surface area (Å²) in [4.78, 5) is 13.8. The Balaban J connectivity index is 0.000000292. The summed E-state index contributed by atoms with van der Waals surface area (Å²) >= 11 is 0. The van der Waals surface area contributed by atoms with Crippen molar-refractivity contribution >= 4 is 16.1 Å². The van der Waals surface area contributed by atoms with Crippen LogP contribution in [0.4, 0.5) is 0 Å². The predicted octanol–water partition coefficient (Wildman–Crippen LogP) is 0.284. The second-order valence-electron chi connectivity index (χ2n) is 2.27. The summed E-state index contributed by atoms with van der Waals surface area (Å²) in [6.45, 7) is 0. The topological polar surface area (TPSA) is 105 Å². The quantitative estimate of drug-likeness (QED) is 0.657. The maximum absolute atomic E-state index is 10.2. The molecule has 0 aliphatic heterocycles. The van der Waals surface area contributed by atoms with Gasteiger partial charge in [-0.25, -0.2) is 4.79 Å². The Labute approximate surface area is 81.0 Å². The molecule has 2 N–H and O–H groups in total. The number of aromatic carboxylic acids is 1. The van der Waals surface area contributed by atoms with Crippen molar-refractivity contribution in [2.45, 2.75) is 0 Å². The molecular weight excluding hydrogens is 210 g/mol. The summed E-state index contributed by atoms with van der Waals surface area (Å²) in [5.41, 5.74) is 0.269. The minimum Gasteiger partial charge on any atom is -0.478 e. The first-order valence-corrected chi connectivity index (χ1v) is 5.21. The highest BCUT2D eigenvalue weighted by Gasteiger charge is 1.97. The first-order valence-electron chi connectivity index (χ1n) is 3.36. The first kappa shape index (κ1) is 12.5. The molecule has 78 valence electrons. The molecule has 7 heteroatoms. The van der Waals surface area contributed by atoms with Crippen molar-refractivity contribution in [2.75, 3.05) is 6.26 Å². The lowest BCUT2D eigenvalue weighted by molar-refractivity contribution is 0.0696. The molecule has 0 aliphatic carbocycles. The van der Waals surface area contributed by atoms with Crippen molar-refractivity contribution in [3.8, 4) is 0 Å². The SMILES string of the molecule is CS(=O)(=O)O.O=C(O)c1ccncc1. The standard InChI is InChI=1S/C6H5NO2.CH4O3S/c8-6(9)5-1-3-7-4-2-5;1-5(2,3)4/h1-4H,(H,8,9);1H3,(H,2,3,4). The van der Waals surface area contributed by atoms with Crippen LogP contribution in [0.3, 0.4) is 0 Å². The van der Waals surface area contributed by atoms with Crippen molar-refractivity contribution in [1.29, 1.82) is 0 Å². The molecule has 0 saturated heterocycles. The number of pyridine rings is 1. The smallest absolute Gasteiger partial charge is 0.335 e. The minimum atomic E-state index is -3.67. The van der Waals surface area contributed by atoms with Crippen LogP contribution in [0.1, 0.15) is 10.4 Å². The number of carboxylic acids is 1. The summed E-state index contributed by atoms with van der Waals surface area (Å²) in [5.74, 6) is -0.919. The fourth-order valence-electron chi connectivity index (χ4n) is 0.494. The zero-order valence-electron chi connectivity index (χ0n) is 7.28. The van der Waals surface area contributed by atoms with Gasteiger partial charge in [-0.05, 0) is 12.1 Å². The molecule has 0 amide bonds. The van der Waals surface area contributed by atoms with Gasteiger partial charge in [0, 0.05) is 12.4 Å². The third-order valence-corrected chi connectivity index (χ3v) is 0.927. The third kappa shape index (κ3) is 8.62. The maximum atomic E-state index is 10.2. The number of nitrogens with zero attached hydrogens (tertiary/aromatic N) is 1. The molecule has 1 heterocycles. The third-order valence-electron chi connectivity index (χ3n) is 0.927. The molecule has 0 fully saturated rings. The van der Waals surface area contributed by atoms with E-state index in [1.807, 2.05) is 0 Å². The number of carboxylic acid groups (broad SMARTS) is 1. The van der Waals surface area contributed by atoms with Crippen LogP contribution in [0.2, 0.25) is 0 Å². The zero-order chi connectivity index (χ0) is 11.2. The Kier molecular flexibility index (Phi) is 4.74. The summed E-state index contributed by atoms with van der Waals surface area (Å²) in [5, 5.41) is 8.36. The van der Waals surface area contributed by atoms with Crippen LogP contribution in [-0.2, 0) is 10.1 Å². The van der Waals surface area contributed by atoms with Crippen LogP contribution in [0.5, 0.6) is 0 Å². The Hall–Kier alpha value is -1.47. The number of aromatic nitrogens is 1. The largest absolute Gasteiger partial charge is 0.478 e. The Bertz CT molecular complexity index is 378. The van der Waals surface area contributed by atoms with E-state index in [1.54, 1.807) is 0 Å². The van der Waals surface area contributed by atoms with Crippen molar-refractivity contribution in [3.63, 3.8) is 0 Å². The Morgan fingerprint density at radius 3 is 1.93 bits per heavy atom. The molecule has 0 saturated carbocycles. The summed E-state index contributed by atoms with van der Waals surface area (Å²) in [6, 6.07) is 2.89. The van der Waals surface area contributed by atoms with Gasteiger partial charge in [-0.2, -0.15) is 8.42 Å². The van der Waals surface area contributed by atoms with E-state index in [1.165, 1.54) is 24.5 Å². The van der Waals surface area contributed by atoms with Crippen LogP contribution in [0.25, 0.3) is 0 Å². The lowest BCUT2D eigenvalue weighted by Gasteiger charge is -1.87. The lowest BCUT2D eigenvalue weighted by Crippen LogP contribution is -1.94. The van der Waals surface area contributed by atoms with Gasteiger partial charge in [0.1, 0.15) is 0 Å². The molecule has 1 aromatic heterocycles. The molecule has 0 aliphatic rings. The summed E-state index contributed by atoms with van der Waals surface area (Å²) in [7, 11) is -3.67. The molecule has 0 spiro atoms. The van der Waals surface area contributed by atoms with Crippen LogP contribution >= 0.6 is 0 Å². The van der Waals surface area contributed by atoms with Gasteiger partial charge in [0.25, 0.3) is 10.1 Å². The van der Waals surface area contributed by atoms with E-state index in [0.717, 1.165) is 0 Å². The molecule has 0 aromatic carbocycles. The highest BCUT2D eigenvalue weighted by Crippen LogP contribution is 1.93. The Morgan fingerprint density at radius 1 is 1.36 bits per heavy atom. The molecule has 0 radical (unpaired) electrons. The van der Waals surface area contributed by atoms with Gasteiger partial charge >= 0.3 is 5.97 Å².